The minimum atomic E-state index is -3.58. The van der Waals surface area contributed by atoms with E-state index >= 15 is 0 Å². The van der Waals surface area contributed by atoms with Crippen molar-refractivity contribution < 1.29 is 13.2 Å². The highest BCUT2D eigenvalue weighted by Gasteiger charge is 2.30. The molecule has 0 fully saturated rings. The van der Waals surface area contributed by atoms with Crippen molar-refractivity contribution in [3.63, 3.8) is 0 Å². The van der Waals surface area contributed by atoms with E-state index in [1.165, 1.54) is 6.07 Å². The van der Waals surface area contributed by atoms with Gasteiger partial charge in [0, 0.05) is 18.3 Å². The third kappa shape index (κ3) is 4.28. The zero-order valence-electron chi connectivity index (χ0n) is 17.3. The van der Waals surface area contributed by atoms with Crippen LogP contribution in [0.2, 0.25) is 5.02 Å². The topological polar surface area (TPSA) is 96.6 Å². The van der Waals surface area contributed by atoms with Crippen molar-refractivity contribution in [1.82, 2.24) is 14.9 Å². The summed E-state index contributed by atoms with van der Waals surface area (Å²) in [4.78, 5) is 26.6. The molecule has 0 aliphatic carbocycles. The highest BCUT2D eigenvalue weighted by atomic mass is 35.5. The van der Waals surface area contributed by atoms with Crippen LogP contribution in [0.3, 0.4) is 0 Å². The van der Waals surface area contributed by atoms with Crippen LogP contribution in [-0.2, 0) is 22.8 Å². The second kappa shape index (κ2) is 8.22. The second-order valence-electron chi connectivity index (χ2n) is 7.46. The van der Waals surface area contributed by atoms with E-state index < -0.39 is 9.84 Å². The predicted molar refractivity (Wildman–Crippen MR) is 121 cm³/mol. The van der Waals surface area contributed by atoms with Crippen LogP contribution in [0, 0.1) is 6.57 Å². The first-order valence-corrected chi connectivity index (χ1v) is 11.8. The summed E-state index contributed by atoms with van der Waals surface area (Å²) in [5, 5.41) is 3.40. The molecule has 0 saturated heterocycles. The van der Waals surface area contributed by atoms with Crippen LogP contribution >= 0.6 is 11.6 Å². The Hall–Kier alpha value is -3.48. The quantitative estimate of drug-likeness (QED) is 0.569. The fourth-order valence-electron chi connectivity index (χ4n) is 3.55. The normalized spacial score (nSPS) is 13.1. The van der Waals surface area contributed by atoms with Crippen LogP contribution in [0.1, 0.15) is 27.4 Å². The van der Waals surface area contributed by atoms with Crippen molar-refractivity contribution in [2.75, 3.05) is 18.6 Å². The molecule has 4 rings (SSSR count). The summed E-state index contributed by atoms with van der Waals surface area (Å²) in [5.74, 6) is 0.0837. The highest BCUT2D eigenvalue weighted by molar-refractivity contribution is 7.90. The molecule has 0 spiro atoms. The lowest BCUT2D eigenvalue weighted by Crippen LogP contribution is -2.18. The lowest BCUT2D eigenvalue weighted by Gasteiger charge is -2.15. The molecule has 0 saturated carbocycles. The van der Waals surface area contributed by atoms with Gasteiger partial charge in [0.25, 0.3) is 11.7 Å². The summed E-state index contributed by atoms with van der Waals surface area (Å²) >= 11 is 6.01. The van der Waals surface area contributed by atoms with Gasteiger partial charge in [0.05, 0.1) is 46.2 Å². The van der Waals surface area contributed by atoms with Gasteiger partial charge in [-0.15, -0.1) is 4.98 Å². The Bertz CT molecular complexity index is 1400. The summed E-state index contributed by atoms with van der Waals surface area (Å²) in [7, 11) is -1.90. The minimum Gasteiger partial charge on any atom is -0.361 e. The van der Waals surface area contributed by atoms with Gasteiger partial charge in [-0.25, -0.2) is 8.42 Å². The third-order valence-corrected chi connectivity index (χ3v) is 6.35. The Labute approximate surface area is 190 Å². The number of amides is 1. The van der Waals surface area contributed by atoms with Gasteiger partial charge >= 0.3 is 0 Å². The molecule has 0 bridgehead atoms. The average molecular weight is 468 g/mol. The molecule has 0 atom stereocenters. The van der Waals surface area contributed by atoms with Crippen LogP contribution in [-0.4, -0.2) is 42.5 Å². The van der Waals surface area contributed by atoms with Crippen LogP contribution < -0.4 is 5.32 Å². The van der Waals surface area contributed by atoms with Gasteiger partial charge in [0.2, 0.25) is 0 Å². The lowest BCUT2D eigenvalue weighted by atomic mass is 10.1. The Morgan fingerprint density at radius 2 is 1.94 bits per heavy atom. The van der Waals surface area contributed by atoms with Crippen molar-refractivity contribution in [2.45, 2.75) is 17.9 Å². The number of rotatable bonds is 5. The molecule has 1 aromatic carbocycles. The maximum atomic E-state index is 12.8. The molecule has 10 heteroatoms. The highest BCUT2D eigenvalue weighted by Crippen LogP contribution is 2.34. The summed E-state index contributed by atoms with van der Waals surface area (Å²) in [5.41, 5.74) is 3.05. The molecule has 3 heterocycles. The zero-order valence-corrected chi connectivity index (χ0v) is 18.8. The second-order valence-corrected chi connectivity index (χ2v) is 9.88. The smallest absolute Gasteiger partial charge is 0.269 e. The fraction of sp³-hybridized carbons (Fsp3) is 0.182. The Morgan fingerprint density at radius 3 is 2.66 bits per heavy atom. The van der Waals surface area contributed by atoms with E-state index in [0.29, 0.717) is 47.0 Å². The van der Waals surface area contributed by atoms with Crippen LogP contribution in [0.25, 0.3) is 4.85 Å². The number of anilines is 2. The number of carbonyl (C=O) groups is 1. The van der Waals surface area contributed by atoms with E-state index in [1.54, 1.807) is 48.3 Å². The van der Waals surface area contributed by atoms with E-state index in [4.69, 9.17) is 18.2 Å². The van der Waals surface area contributed by atoms with Gasteiger partial charge < -0.3 is 15.1 Å². The van der Waals surface area contributed by atoms with Crippen LogP contribution in [0.5, 0.6) is 0 Å². The van der Waals surface area contributed by atoms with Crippen molar-refractivity contribution in [2.24, 2.45) is 0 Å². The zero-order chi connectivity index (χ0) is 23.0. The monoisotopic (exact) mass is 467 g/mol. The standard InChI is InChI=1S/C22H18ClN5O3S/c1-24-20-6-4-5-14(26-20)10-15-11-17(21-18(25-15)12-28(2)22(21)29)27-16-8-7-13(23)9-19(16)32(3,30)31/h4-9,11H,10,12H2,2-3H3,(H,25,27). The Kier molecular flexibility index (Phi) is 5.59. The molecule has 1 aliphatic heterocycles. The number of hydrogen-bond acceptors (Lipinski definition) is 6. The molecule has 8 nitrogen and oxygen atoms in total. The largest absolute Gasteiger partial charge is 0.361 e. The molecule has 2 aromatic heterocycles. The molecule has 0 radical (unpaired) electrons. The number of halogens is 1. The van der Waals surface area contributed by atoms with Crippen molar-refractivity contribution in [1.29, 1.82) is 0 Å². The van der Waals surface area contributed by atoms with E-state index in [9.17, 15) is 13.2 Å². The van der Waals surface area contributed by atoms with Gasteiger partial charge in [-0.05, 0) is 36.4 Å². The van der Waals surface area contributed by atoms with E-state index in [2.05, 4.69) is 20.1 Å². The molecular formula is C22H18ClN5O3S. The van der Waals surface area contributed by atoms with Crippen LogP contribution in [0.4, 0.5) is 17.2 Å². The molecule has 162 valence electrons. The van der Waals surface area contributed by atoms with Gasteiger partial charge in [0.15, 0.2) is 9.84 Å². The van der Waals surface area contributed by atoms with Crippen molar-refractivity contribution in [3.05, 3.63) is 81.5 Å². The molecule has 3 aromatic rings. The van der Waals surface area contributed by atoms with E-state index in [1.807, 2.05) is 0 Å². The molecular weight excluding hydrogens is 450 g/mol. The number of nitrogens with one attached hydrogen (secondary N) is 1. The number of carbonyl (C=O) groups excluding carboxylic acids is 1. The van der Waals surface area contributed by atoms with Crippen LogP contribution in [0.15, 0.2) is 47.4 Å². The molecule has 1 N–H and O–H groups in total. The van der Waals surface area contributed by atoms with Gasteiger partial charge in [-0.2, -0.15) is 0 Å². The predicted octanol–water partition coefficient (Wildman–Crippen LogP) is 4.00. The summed E-state index contributed by atoms with van der Waals surface area (Å²) in [6.45, 7) is 7.48. The number of sulfone groups is 1. The third-order valence-electron chi connectivity index (χ3n) is 4.98. The Balaban J connectivity index is 1.80. The maximum Gasteiger partial charge on any atom is 0.269 e. The Morgan fingerprint density at radius 1 is 1.16 bits per heavy atom. The van der Waals surface area contributed by atoms with E-state index in [-0.39, 0.29) is 21.6 Å². The lowest BCUT2D eigenvalue weighted by molar-refractivity contribution is 0.0817. The average Bonchev–Trinajstić information content (AvgIpc) is 3.02. The number of hydrogen-bond donors (Lipinski definition) is 1. The summed E-state index contributed by atoms with van der Waals surface area (Å²) in [6, 6.07) is 11.4. The maximum absolute atomic E-state index is 12.8. The molecule has 1 amide bonds. The van der Waals surface area contributed by atoms with Gasteiger partial charge in [-0.3, -0.25) is 9.78 Å². The summed E-state index contributed by atoms with van der Waals surface area (Å²) in [6.07, 6.45) is 1.45. The first-order chi connectivity index (χ1) is 15.2. The minimum absolute atomic E-state index is 0.0299. The first kappa shape index (κ1) is 21.7. The number of benzene rings is 1. The van der Waals surface area contributed by atoms with E-state index in [0.717, 1.165) is 6.26 Å². The van der Waals surface area contributed by atoms with Gasteiger partial charge in [-0.1, -0.05) is 24.2 Å². The van der Waals surface area contributed by atoms with Crippen molar-refractivity contribution in [3.8, 4) is 0 Å². The van der Waals surface area contributed by atoms with Gasteiger partial charge in [0.1, 0.15) is 5.69 Å². The fourth-order valence-corrected chi connectivity index (χ4v) is 4.65. The molecule has 32 heavy (non-hydrogen) atoms. The number of pyridine rings is 2. The van der Waals surface area contributed by atoms with Crippen molar-refractivity contribution >= 4 is 44.5 Å². The first-order valence-electron chi connectivity index (χ1n) is 9.54. The SMILES string of the molecule is [C-]#[N+]c1cccc(Cc2cc(Nc3ccc(Cl)cc3S(C)(=O)=O)c3c(n2)CN(C)C3=O)n1. The number of fused-ring (bicyclic) bond motifs is 1. The molecule has 1 aliphatic rings. The number of nitrogens with zero attached hydrogens (tertiary/aromatic N) is 4. The number of aromatic nitrogens is 2. The summed E-state index contributed by atoms with van der Waals surface area (Å²) < 4.78 is 24.6. The molecule has 0 unspecified atom stereocenters.